The van der Waals surface area contributed by atoms with Gasteiger partial charge in [-0.25, -0.2) is 13.4 Å². The van der Waals surface area contributed by atoms with Gasteiger partial charge in [0.05, 0.1) is 40.9 Å². The Morgan fingerprint density at radius 3 is 2.59 bits per heavy atom. The summed E-state index contributed by atoms with van der Waals surface area (Å²) in [5.41, 5.74) is 5.51. The third kappa shape index (κ3) is 5.96. The molecule has 1 saturated carbocycles. The highest BCUT2D eigenvalue weighted by molar-refractivity contribution is 7.91. The largest absolute Gasteiger partial charge is 0.484 e. The first-order valence-electron chi connectivity index (χ1n) is 14.3. The predicted octanol–water partition coefficient (Wildman–Crippen LogP) is 4.22. The molecule has 2 aromatic carbocycles. The van der Waals surface area contributed by atoms with E-state index in [9.17, 15) is 23.3 Å². The molecule has 1 saturated heterocycles. The molecule has 1 amide bonds. The fraction of sp³-hybridized carbons (Fsp3) is 0.333. The van der Waals surface area contributed by atoms with Crippen molar-refractivity contribution in [2.45, 2.75) is 47.6 Å². The van der Waals surface area contributed by atoms with Crippen LogP contribution in [0.4, 0.5) is 5.69 Å². The van der Waals surface area contributed by atoms with Crippen molar-refractivity contribution in [3.05, 3.63) is 76.6 Å². The van der Waals surface area contributed by atoms with Crippen molar-refractivity contribution in [1.82, 2.24) is 14.9 Å². The Labute approximate surface area is 253 Å². The molecule has 1 aliphatic heterocycles. The quantitative estimate of drug-likeness (QED) is 0.203. The number of nitro groups is 1. The average Bonchev–Trinajstić information content (AvgIpc) is 3.50. The molecule has 0 bridgehead atoms. The molecule has 0 radical (unpaired) electrons. The second kappa shape index (κ2) is 12.2. The summed E-state index contributed by atoms with van der Waals surface area (Å²) in [7, 11) is -4.44. The van der Waals surface area contributed by atoms with E-state index >= 15 is 0 Å². The molecule has 0 atom stereocenters. The molecule has 1 aliphatic carbocycles. The standard InChI is InChI=1S/C30H31N5O8S/c31-29(36)24-2-1-3-27(28(24)43-22-16-19-10-11-32-30(19)33-18-22)44(39,40)23-8-9-26(25(17-23)35(37)38)42-21-6-4-20(5-7-21)34-12-14-41-15-13-34/h1-3,8-11,16-18,20-21H,4-7,12-15H2,(H2,31,36)(H,32,33). The minimum Gasteiger partial charge on any atom is -0.484 e. The first-order chi connectivity index (χ1) is 21.2. The van der Waals surface area contributed by atoms with Crippen LogP contribution >= 0.6 is 0 Å². The molecule has 230 valence electrons. The van der Waals surface area contributed by atoms with Gasteiger partial charge in [-0.2, -0.15) is 0 Å². The van der Waals surface area contributed by atoms with E-state index in [2.05, 4.69) is 14.9 Å². The van der Waals surface area contributed by atoms with Gasteiger partial charge < -0.3 is 24.9 Å². The molecule has 6 rings (SSSR count). The van der Waals surface area contributed by atoms with Crippen LogP contribution in [0, 0.1) is 10.1 Å². The molecule has 0 unspecified atom stereocenters. The van der Waals surface area contributed by atoms with E-state index in [-0.39, 0.29) is 38.7 Å². The summed E-state index contributed by atoms with van der Waals surface area (Å²) < 4.78 is 45.3. The monoisotopic (exact) mass is 621 g/mol. The molecule has 2 fully saturated rings. The van der Waals surface area contributed by atoms with Crippen LogP contribution in [0.15, 0.2) is 70.7 Å². The van der Waals surface area contributed by atoms with Crippen molar-refractivity contribution in [3.63, 3.8) is 0 Å². The average molecular weight is 622 g/mol. The number of para-hydroxylation sites is 1. The zero-order chi connectivity index (χ0) is 30.8. The fourth-order valence-corrected chi connectivity index (χ4v) is 7.23. The van der Waals surface area contributed by atoms with Gasteiger partial charge in [-0.15, -0.1) is 0 Å². The van der Waals surface area contributed by atoms with Crippen molar-refractivity contribution in [1.29, 1.82) is 0 Å². The van der Waals surface area contributed by atoms with E-state index in [0.717, 1.165) is 58.1 Å². The van der Waals surface area contributed by atoms with Crippen molar-refractivity contribution in [3.8, 4) is 17.2 Å². The van der Waals surface area contributed by atoms with Gasteiger partial charge in [0.25, 0.3) is 5.91 Å². The molecule has 2 aromatic heterocycles. The predicted molar refractivity (Wildman–Crippen MR) is 159 cm³/mol. The van der Waals surface area contributed by atoms with Crippen LogP contribution in [0.3, 0.4) is 0 Å². The first-order valence-corrected chi connectivity index (χ1v) is 15.7. The fourth-order valence-electron chi connectivity index (χ4n) is 5.80. The zero-order valence-electron chi connectivity index (χ0n) is 23.7. The summed E-state index contributed by atoms with van der Waals surface area (Å²) in [6, 6.07) is 11.3. The summed E-state index contributed by atoms with van der Waals surface area (Å²) in [6.07, 6.45) is 6.08. The number of nitrogens with two attached hydrogens (primary N) is 1. The highest BCUT2D eigenvalue weighted by Crippen LogP contribution is 2.39. The number of amides is 1. The Hall–Kier alpha value is -4.53. The number of nitro benzene ring substituents is 1. The minimum absolute atomic E-state index is 0.00277. The number of carbonyl (C=O) groups excluding carboxylic acids is 1. The lowest BCUT2D eigenvalue weighted by Crippen LogP contribution is -2.46. The number of sulfone groups is 1. The Morgan fingerprint density at radius 2 is 1.86 bits per heavy atom. The van der Waals surface area contributed by atoms with Crippen LogP contribution < -0.4 is 15.2 Å². The normalized spacial score (nSPS) is 19.5. The second-order valence-electron chi connectivity index (χ2n) is 10.8. The number of benzene rings is 2. The maximum atomic E-state index is 13.9. The van der Waals surface area contributed by atoms with Crippen molar-refractivity contribution in [2.24, 2.45) is 5.73 Å². The molecule has 4 aromatic rings. The number of nitrogens with zero attached hydrogens (tertiary/aromatic N) is 3. The van der Waals surface area contributed by atoms with Crippen LogP contribution in [0.25, 0.3) is 11.0 Å². The Kier molecular flexibility index (Phi) is 8.21. The number of fused-ring (bicyclic) bond motifs is 1. The number of pyridine rings is 1. The Bertz CT molecular complexity index is 1810. The number of ether oxygens (including phenoxy) is 3. The number of primary amides is 1. The summed E-state index contributed by atoms with van der Waals surface area (Å²) in [5, 5.41) is 12.8. The van der Waals surface area contributed by atoms with Gasteiger partial charge in [0.1, 0.15) is 16.3 Å². The Balaban J connectivity index is 1.27. The number of carbonyl (C=O) groups is 1. The number of nitrogens with one attached hydrogen (secondary N) is 1. The number of hydrogen-bond donors (Lipinski definition) is 2. The van der Waals surface area contributed by atoms with Gasteiger partial charge in [0, 0.05) is 36.8 Å². The summed E-state index contributed by atoms with van der Waals surface area (Å²) >= 11 is 0. The summed E-state index contributed by atoms with van der Waals surface area (Å²) in [4.78, 5) is 32.6. The molecule has 3 N–H and O–H groups in total. The number of hydrogen-bond acceptors (Lipinski definition) is 10. The van der Waals surface area contributed by atoms with E-state index < -0.39 is 26.4 Å². The van der Waals surface area contributed by atoms with Crippen LogP contribution in [0.5, 0.6) is 17.2 Å². The molecule has 2 aliphatic rings. The number of morpholine rings is 1. The summed E-state index contributed by atoms with van der Waals surface area (Å²) in [5.74, 6) is -1.06. The van der Waals surface area contributed by atoms with Gasteiger partial charge in [-0.1, -0.05) is 6.07 Å². The lowest BCUT2D eigenvalue weighted by Gasteiger charge is -2.38. The molecule has 0 spiro atoms. The van der Waals surface area contributed by atoms with E-state index in [4.69, 9.17) is 19.9 Å². The third-order valence-corrected chi connectivity index (χ3v) is 9.84. The van der Waals surface area contributed by atoms with Crippen molar-refractivity contribution < 1.29 is 32.3 Å². The highest BCUT2D eigenvalue weighted by Gasteiger charge is 2.32. The maximum Gasteiger partial charge on any atom is 0.312 e. The molecule has 44 heavy (non-hydrogen) atoms. The summed E-state index contributed by atoms with van der Waals surface area (Å²) in [6.45, 7) is 3.23. The zero-order valence-corrected chi connectivity index (χ0v) is 24.5. The van der Waals surface area contributed by atoms with Gasteiger partial charge in [-0.3, -0.25) is 19.8 Å². The van der Waals surface area contributed by atoms with Crippen molar-refractivity contribution in [2.75, 3.05) is 26.3 Å². The third-order valence-electron chi connectivity index (χ3n) is 8.07. The van der Waals surface area contributed by atoms with Gasteiger partial charge in [0.2, 0.25) is 9.84 Å². The molecule has 14 heteroatoms. The number of aromatic nitrogens is 2. The molecule has 13 nitrogen and oxygen atoms in total. The Morgan fingerprint density at radius 1 is 1.09 bits per heavy atom. The number of aromatic amines is 1. The van der Waals surface area contributed by atoms with E-state index in [0.29, 0.717) is 17.1 Å². The minimum atomic E-state index is -4.44. The molecule has 3 heterocycles. The van der Waals surface area contributed by atoms with Crippen LogP contribution in [-0.4, -0.2) is 72.6 Å². The van der Waals surface area contributed by atoms with Gasteiger partial charge in [-0.05, 0) is 62.1 Å². The lowest BCUT2D eigenvalue weighted by molar-refractivity contribution is -0.386. The van der Waals surface area contributed by atoms with E-state index in [1.54, 1.807) is 18.3 Å². The molecular formula is C30H31N5O8S. The van der Waals surface area contributed by atoms with Crippen LogP contribution in [0.2, 0.25) is 0 Å². The maximum absolute atomic E-state index is 13.9. The lowest BCUT2D eigenvalue weighted by atomic mass is 9.91. The van der Waals surface area contributed by atoms with Gasteiger partial charge in [0.15, 0.2) is 11.5 Å². The smallest absolute Gasteiger partial charge is 0.312 e. The van der Waals surface area contributed by atoms with E-state index in [1.807, 2.05) is 0 Å². The topological polar surface area (TPSA) is 180 Å². The number of rotatable bonds is 9. The number of H-pyrrole nitrogens is 1. The highest BCUT2D eigenvalue weighted by atomic mass is 32.2. The second-order valence-corrected chi connectivity index (χ2v) is 12.7. The van der Waals surface area contributed by atoms with E-state index in [1.165, 1.54) is 36.5 Å². The first kappa shape index (κ1) is 29.5. The van der Waals surface area contributed by atoms with Crippen molar-refractivity contribution >= 4 is 32.5 Å². The van der Waals surface area contributed by atoms with Crippen LogP contribution in [-0.2, 0) is 14.6 Å². The molecular weight excluding hydrogens is 590 g/mol. The van der Waals surface area contributed by atoms with Crippen LogP contribution in [0.1, 0.15) is 36.0 Å². The van der Waals surface area contributed by atoms with Gasteiger partial charge >= 0.3 is 5.69 Å². The SMILES string of the molecule is NC(=O)c1cccc(S(=O)(=O)c2ccc(OC3CCC(N4CCOCC4)CC3)c([N+](=O)[O-])c2)c1Oc1cnc2[nH]ccc2c1.